The Kier molecular flexibility index (Phi) is 6.84. The van der Waals surface area contributed by atoms with Crippen molar-refractivity contribution in [2.45, 2.75) is 76.8 Å². The molecule has 3 rings (SSSR count). The number of benzene rings is 1. The summed E-state index contributed by atoms with van der Waals surface area (Å²) < 4.78 is 1.61. The van der Waals surface area contributed by atoms with Crippen molar-refractivity contribution in [3.8, 4) is 0 Å². The minimum atomic E-state index is -0.258. The topological polar surface area (TPSA) is 102 Å². The number of amides is 2. The summed E-state index contributed by atoms with van der Waals surface area (Å²) in [7, 11) is 1.77. The lowest BCUT2D eigenvalue weighted by Gasteiger charge is -2.28. The van der Waals surface area contributed by atoms with E-state index in [2.05, 4.69) is 36.5 Å². The van der Waals surface area contributed by atoms with E-state index >= 15 is 0 Å². The lowest BCUT2D eigenvalue weighted by molar-refractivity contribution is -0.123. The van der Waals surface area contributed by atoms with Gasteiger partial charge in [0.15, 0.2) is 0 Å². The van der Waals surface area contributed by atoms with Gasteiger partial charge in [0.25, 0.3) is 5.91 Å². The Morgan fingerprint density at radius 2 is 1.74 bits per heavy atom. The summed E-state index contributed by atoms with van der Waals surface area (Å²) in [5, 5.41) is 10.5. The highest BCUT2D eigenvalue weighted by Crippen LogP contribution is 2.23. The quantitative estimate of drug-likeness (QED) is 0.683. The largest absolute Gasteiger partial charge is 0.353 e. The minimum Gasteiger partial charge on any atom is -0.353 e. The predicted molar refractivity (Wildman–Crippen MR) is 123 cm³/mol. The summed E-state index contributed by atoms with van der Waals surface area (Å²) in [6, 6.07) is 9.75. The first kappa shape index (κ1) is 23.0. The fourth-order valence-corrected chi connectivity index (χ4v) is 3.84. The van der Waals surface area contributed by atoms with Crippen molar-refractivity contribution in [3.63, 3.8) is 0 Å². The molecule has 0 radical (unpaired) electrons. The van der Waals surface area contributed by atoms with Gasteiger partial charge in [-0.1, -0.05) is 32.9 Å². The number of rotatable bonds is 5. The van der Waals surface area contributed by atoms with Gasteiger partial charge in [0.1, 0.15) is 5.69 Å². The van der Waals surface area contributed by atoms with Gasteiger partial charge in [-0.3, -0.25) is 14.3 Å². The predicted octanol–water partition coefficient (Wildman–Crippen LogP) is 3.46. The van der Waals surface area contributed by atoms with Crippen LogP contribution in [0.3, 0.4) is 0 Å². The maximum absolute atomic E-state index is 12.7. The molecule has 1 saturated carbocycles. The Bertz CT molecular complexity index is 918. The van der Waals surface area contributed by atoms with Crippen molar-refractivity contribution in [3.05, 3.63) is 47.3 Å². The average molecular weight is 426 g/mol. The molecule has 1 aliphatic rings. The Balaban J connectivity index is 1.60. The zero-order valence-electron chi connectivity index (χ0n) is 19.2. The van der Waals surface area contributed by atoms with Crippen LogP contribution in [0.25, 0.3) is 0 Å². The van der Waals surface area contributed by atoms with Crippen LogP contribution in [0.15, 0.2) is 30.3 Å². The van der Waals surface area contributed by atoms with E-state index in [0.29, 0.717) is 11.4 Å². The van der Waals surface area contributed by atoms with E-state index in [0.717, 1.165) is 36.9 Å². The van der Waals surface area contributed by atoms with Crippen molar-refractivity contribution in [2.24, 2.45) is 12.8 Å². The third kappa shape index (κ3) is 5.73. The lowest BCUT2D eigenvalue weighted by Crippen LogP contribution is -2.42. The molecule has 7 heteroatoms. The van der Waals surface area contributed by atoms with Gasteiger partial charge in [-0.2, -0.15) is 5.10 Å². The number of hydrogen-bond donors (Lipinski definition) is 3. The molecule has 31 heavy (non-hydrogen) atoms. The molecule has 1 fully saturated rings. The molecule has 0 bridgehead atoms. The first-order chi connectivity index (χ1) is 14.5. The first-order valence-corrected chi connectivity index (χ1v) is 11.1. The van der Waals surface area contributed by atoms with Gasteiger partial charge in [0, 0.05) is 30.2 Å². The van der Waals surface area contributed by atoms with E-state index in [1.165, 1.54) is 0 Å². The van der Waals surface area contributed by atoms with Gasteiger partial charge in [-0.25, -0.2) is 0 Å². The zero-order chi connectivity index (χ0) is 22.8. The van der Waals surface area contributed by atoms with Crippen LogP contribution >= 0.6 is 0 Å². The van der Waals surface area contributed by atoms with Gasteiger partial charge >= 0.3 is 0 Å². The summed E-state index contributed by atoms with van der Waals surface area (Å²) in [6.45, 7) is 8.10. The summed E-state index contributed by atoms with van der Waals surface area (Å²) in [4.78, 5) is 25.3. The van der Waals surface area contributed by atoms with E-state index in [4.69, 9.17) is 5.73 Å². The van der Waals surface area contributed by atoms with E-state index < -0.39 is 0 Å². The van der Waals surface area contributed by atoms with Crippen LogP contribution in [-0.4, -0.2) is 33.7 Å². The normalized spacial score (nSPS) is 20.2. The number of aryl methyl sites for hydroxylation is 1. The van der Waals surface area contributed by atoms with Gasteiger partial charge in [0.05, 0.1) is 11.6 Å². The minimum absolute atomic E-state index is 0.0295. The number of anilines is 1. The van der Waals surface area contributed by atoms with E-state index in [1.807, 2.05) is 37.3 Å². The summed E-state index contributed by atoms with van der Waals surface area (Å²) >= 11 is 0. The van der Waals surface area contributed by atoms with Crippen molar-refractivity contribution in [1.82, 2.24) is 15.1 Å². The second-order valence-electron chi connectivity index (χ2n) is 9.71. The van der Waals surface area contributed by atoms with Crippen molar-refractivity contribution in [1.29, 1.82) is 0 Å². The Labute approximate surface area is 184 Å². The molecule has 1 aliphatic carbocycles. The zero-order valence-corrected chi connectivity index (χ0v) is 19.2. The van der Waals surface area contributed by atoms with E-state index in [1.54, 1.807) is 11.7 Å². The highest BCUT2D eigenvalue weighted by Gasteiger charge is 2.24. The lowest BCUT2D eigenvalue weighted by atomic mass is 9.91. The molecule has 2 amide bonds. The molecule has 7 nitrogen and oxygen atoms in total. The van der Waals surface area contributed by atoms with Crippen LogP contribution in [0.4, 0.5) is 5.69 Å². The smallest absolute Gasteiger partial charge is 0.273 e. The fraction of sp³-hybridized carbons (Fsp3) is 0.542. The molecule has 1 aromatic heterocycles. The highest BCUT2D eigenvalue weighted by atomic mass is 16.2. The Hall–Kier alpha value is -2.67. The van der Waals surface area contributed by atoms with Gasteiger partial charge in [0.2, 0.25) is 5.91 Å². The molecule has 4 N–H and O–H groups in total. The van der Waals surface area contributed by atoms with Crippen molar-refractivity contribution < 1.29 is 9.59 Å². The maximum Gasteiger partial charge on any atom is 0.273 e. The van der Waals surface area contributed by atoms with Gasteiger partial charge in [-0.15, -0.1) is 0 Å². The SMILES string of the molecule is CC(C(=O)NC1CCC(N)CC1)c1ccc(NC(=O)c2cc(C(C)(C)C)nn2C)cc1. The van der Waals surface area contributed by atoms with Crippen LogP contribution in [-0.2, 0) is 17.3 Å². The first-order valence-electron chi connectivity index (χ1n) is 11.1. The van der Waals surface area contributed by atoms with Gasteiger partial charge < -0.3 is 16.4 Å². The average Bonchev–Trinajstić information content (AvgIpc) is 3.12. The molecule has 0 saturated heterocycles. The second-order valence-corrected chi connectivity index (χ2v) is 9.71. The number of hydrogen-bond acceptors (Lipinski definition) is 4. The molecule has 0 aliphatic heterocycles. The van der Waals surface area contributed by atoms with Crippen LogP contribution in [0.1, 0.15) is 81.0 Å². The number of carbonyl (C=O) groups excluding carboxylic acids is 2. The maximum atomic E-state index is 12.7. The van der Waals surface area contributed by atoms with Crippen LogP contribution in [0.2, 0.25) is 0 Å². The summed E-state index contributed by atoms with van der Waals surface area (Å²) in [5.41, 5.74) is 8.79. The number of nitrogens with one attached hydrogen (secondary N) is 2. The van der Waals surface area contributed by atoms with E-state index in [9.17, 15) is 9.59 Å². The molecule has 1 atom stereocenters. The third-order valence-corrected chi connectivity index (χ3v) is 6.06. The van der Waals surface area contributed by atoms with Gasteiger partial charge in [-0.05, 0) is 56.4 Å². The summed E-state index contributed by atoms with van der Waals surface area (Å²) in [5.74, 6) is -0.437. The molecule has 1 unspecified atom stereocenters. The molecular weight excluding hydrogens is 390 g/mol. The summed E-state index contributed by atoms with van der Waals surface area (Å²) in [6.07, 6.45) is 3.80. The van der Waals surface area contributed by atoms with E-state index in [-0.39, 0.29) is 35.2 Å². The number of nitrogens with two attached hydrogens (primary N) is 1. The fourth-order valence-electron chi connectivity index (χ4n) is 3.84. The molecule has 2 aromatic rings. The third-order valence-electron chi connectivity index (χ3n) is 6.06. The van der Waals surface area contributed by atoms with Crippen LogP contribution in [0, 0.1) is 0 Å². The number of carbonyl (C=O) groups is 2. The Morgan fingerprint density at radius 3 is 2.29 bits per heavy atom. The molecular formula is C24H35N5O2. The molecule has 168 valence electrons. The molecule has 1 heterocycles. The number of aromatic nitrogens is 2. The van der Waals surface area contributed by atoms with Crippen molar-refractivity contribution in [2.75, 3.05) is 5.32 Å². The monoisotopic (exact) mass is 425 g/mol. The second kappa shape index (κ2) is 9.22. The molecule has 0 spiro atoms. The van der Waals surface area contributed by atoms with Crippen LogP contribution in [0.5, 0.6) is 0 Å². The highest BCUT2D eigenvalue weighted by molar-refractivity contribution is 6.03. The number of nitrogens with zero attached hydrogens (tertiary/aromatic N) is 2. The Morgan fingerprint density at radius 1 is 1.13 bits per heavy atom. The standard InChI is InChI=1S/C24H35N5O2/c1-15(22(30)26-19-12-8-17(25)9-13-19)16-6-10-18(11-7-16)27-23(31)20-14-21(24(2,3)4)28-29(20)5/h6-7,10-11,14-15,17,19H,8-9,12-13,25H2,1-5H3,(H,26,30)(H,27,31). The molecule has 1 aromatic carbocycles. The van der Waals surface area contributed by atoms with Crippen LogP contribution < -0.4 is 16.4 Å². The van der Waals surface area contributed by atoms with Crippen molar-refractivity contribution >= 4 is 17.5 Å².